The number of benzene rings is 2. The Bertz CT molecular complexity index is 798. The molecule has 1 heterocycles. The number of fused-ring (bicyclic) bond motifs is 1. The maximum atomic E-state index is 6.26. The number of aromatic nitrogens is 2. The molecule has 1 aromatic heterocycles. The summed E-state index contributed by atoms with van der Waals surface area (Å²) < 4.78 is 7.00. The number of rotatable bonds is 2. The Labute approximate surface area is 125 Å². The summed E-state index contributed by atoms with van der Waals surface area (Å²) in [5.74, 6) is 1.04. The molecule has 0 spiro atoms. The summed E-state index contributed by atoms with van der Waals surface area (Å²) in [6, 6.07) is 10.8. The molecule has 0 aliphatic rings. The van der Waals surface area contributed by atoms with E-state index < -0.39 is 0 Å². The van der Waals surface area contributed by atoms with E-state index in [0.717, 1.165) is 5.52 Å². The second-order valence-electron chi connectivity index (χ2n) is 4.26. The first-order valence-corrected chi connectivity index (χ1v) is 6.63. The molecule has 0 bridgehead atoms. The van der Waals surface area contributed by atoms with Crippen molar-refractivity contribution in [2.24, 2.45) is 0 Å². The standard InChI is InChI=1S/C14H11Cl2N3O/c1-20-9-3-4-10(16)13(7-9)19-12-5-2-8(15)6-11(12)18-14(19)17/h2-7H,1H3,(H2,17,18). The van der Waals surface area contributed by atoms with Gasteiger partial charge in [0.15, 0.2) is 0 Å². The van der Waals surface area contributed by atoms with Gasteiger partial charge in [0.1, 0.15) is 5.75 Å². The third-order valence-corrected chi connectivity index (χ3v) is 3.59. The fourth-order valence-corrected chi connectivity index (χ4v) is 2.48. The van der Waals surface area contributed by atoms with E-state index in [-0.39, 0.29) is 0 Å². The van der Waals surface area contributed by atoms with Crippen LogP contribution in [-0.2, 0) is 0 Å². The van der Waals surface area contributed by atoms with Crippen LogP contribution in [0.15, 0.2) is 36.4 Å². The molecule has 4 nitrogen and oxygen atoms in total. The molecule has 2 aromatic carbocycles. The van der Waals surface area contributed by atoms with Gasteiger partial charge in [-0.2, -0.15) is 0 Å². The predicted octanol–water partition coefficient (Wildman–Crippen LogP) is 3.92. The van der Waals surface area contributed by atoms with Crippen LogP contribution in [0, 0.1) is 0 Å². The molecule has 0 aliphatic heterocycles. The van der Waals surface area contributed by atoms with E-state index in [9.17, 15) is 0 Å². The quantitative estimate of drug-likeness (QED) is 0.780. The molecular formula is C14H11Cl2N3O. The number of halogens is 2. The van der Waals surface area contributed by atoms with Crippen LogP contribution in [0.3, 0.4) is 0 Å². The third kappa shape index (κ3) is 2.07. The van der Waals surface area contributed by atoms with Gasteiger partial charge in [0.05, 0.1) is 28.9 Å². The lowest BCUT2D eigenvalue weighted by Crippen LogP contribution is -2.01. The largest absolute Gasteiger partial charge is 0.497 e. The normalized spacial score (nSPS) is 10.9. The Morgan fingerprint density at radius 3 is 2.70 bits per heavy atom. The smallest absolute Gasteiger partial charge is 0.205 e. The van der Waals surface area contributed by atoms with Gasteiger partial charge in [-0.05, 0) is 30.3 Å². The average Bonchev–Trinajstić information content (AvgIpc) is 2.74. The summed E-state index contributed by atoms with van der Waals surface area (Å²) in [4.78, 5) is 4.30. The van der Waals surface area contributed by atoms with Crippen LogP contribution in [0.2, 0.25) is 10.0 Å². The summed E-state index contributed by atoms with van der Waals surface area (Å²) in [6.07, 6.45) is 0. The molecular weight excluding hydrogens is 297 g/mol. The topological polar surface area (TPSA) is 53.1 Å². The average molecular weight is 308 g/mol. The molecule has 2 N–H and O–H groups in total. The molecule has 0 radical (unpaired) electrons. The van der Waals surface area contributed by atoms with Gasteiger partial charge in [0.2, 0.25) is 5.95 Å². The zero-order valence-electron chi connectivity index (χ0n) is 10.6. The molecule has 20 heavy (non-hydrogen) atoms. The summed E-state index contributed by atoms with van der Waals surface area (Å²) in [6.45, 7) is 0. The Morgan fingerprint density at radius 1 is 1.15 bits per heavy atom. The first-order chi connectivity index (χ1) is 9.60. The summed E-state index contributed by atoms with van der Waals surface area (Å²) >= 11 is 12.2. The van der Waals surface area contributed by atoms with Crippen LogP contribution in [0.5, 0.6) is 5.75 Å². The first-order valence-electron chi connectivity index (χ1n) is 5.87. The Kier molecular flexibility index (Phi) is 3.20. The van der Waals surface area contributed by atoms with Crippen molar-refractivity contribution in [1.29, 1.82) is 0 Å². The number of methoxy groups -OCH3 is 1. The summed E-state index contributed by atoms with van der Waals surface area (Å²) in [5.41, 5.74) is 8.27. The molecule has 0 saturated carbocycles. The van der Waals surface area contributed by atoms with E-state index in [1.165, 1.54) is 0 Å². The molecule has 0 amide bonds. The van der Waals surface area contributed by atoms with Crippen LogP contribution in [0.1, 0.15) is 0 Å². The number of anilines is 1. The van der Waals surface area contributed by atoms with Gasteiger partial charge in [0.25, 0.3) is 0 Å². The van der Waals surface area contributed by atoms with Gasteiger partial charge < -0.3 is 10.5 Å². The fourth-order valence-electron chi connectivity index (χ4n) is 2.12. The van der Waals surface area contributed by atoms with Crippen molar-refractivity contribution in [2.75, 3.05) is 12.8 Å². The van der Waals surface area contributed by atoms with Crippen molar-refractivity contribution in [1.82, 2.24) is 9.55 Å². The Morgan fingerprint density at radius 2 is 1.95 bits per heavy atom. The minimum Gasteiger partial charge on any atom is -0.497 e. The highest BCUT2D eigenvalue weighted by Gasteiger charge is 2.13. The van der Waals surface area contributed by atoms with E-state index in [2.05, 4.69) is 4.98 Å². The van der Waals surface area contributed by atoms with Crippen LogP contribution < -0.4 is 10.5 Å². The maximum Gasteiger partial charge on any atom is 0.205 e. The van der Waals surface area contributed by atoms with E-state index in [4.69, 9.17) is 33.7 Å². The molecule has 0 saturated heterocycles. The number of nitrogens with zero attached hydrogens (tertiary/aromatic N) is 2. The van der Waals surface area contributed by atoms with Crippen LogP contribution in [-0.4, -0.2) is 16.7 Å². The van der Waals surface area contributed by atoms with E-state index >= 15 is 0 Å². The van der Waals surface area contributed by atoms with E-state index in [1.807, 2.05) is 12.1 Å². The first kappa shape index (κ1) is 13.1. The highest BCUT2D eigenvalue weighted by Crippen LogP contribution is 2.31. The number of ether oxygens (including phenoxy) is 1. The number of imidazole rings is 1. The lowest BCUT2D eigenvalue weighted by Gasteiger charge is -2.10. The minimum absolute atomic E-state index is 0.345. The van der Waals surface area contributed by atoms with E-state index in [1.54, 1.807) is 35.9 Å². The monoisotopic (exact) mass is 307 g/mol. The van der Waals surface area contributed by atoms with Gasteiger partial charge in [-0.25, -0.2) is 4.98 Å². The molecule has 0 atom stereocenters. The third-order valence-electron chi connectivity index (χ3n) is 3.04. The Balaban J connectivity index is 2.31. The number of hydrogen-bond donors (Lipinski definition) is 1. The summed E-state index contributed by atoms with van der Waals surface area (Å²) in [5, 5.41) is 1.17. The Hall–Kier alpha value is -1.91. The fraction of sp³-hybridized carbons (Fsp3) is 0.0714. The van der Waals surface area contributed by atoms with E-state index in [0.29, 0.717) is 32.9 Å². The van der Waals surface area contributed by atoms with Crippen molar-refractivity contribution >= 4 is 40.2 Å². The van der Waals surface area contributed by atoms with Crippen molar-refractivity contribution in [3.8, 4) is 11.4 Å². The predicted molar refractivity (Wildman–Crippen MR) is 82.1 cm³/mol. The highest BCUT2D eigenvalue weighted by molar-refractivity contribution is 6.32. The highest BCUT2D eigenvalue weighted by atomic mass is 35.5. The summed E-state index contributed by atoms with van der Waals surface area (Å²) in [7, 11) is 1.60. The molecule has 0 fully saturated rings. The van der Waals surface area contributed by atoms with Gasteiger partial charge in [-0.15, -0.1) is 0 Å². The SMILES string of the molecule is COc1ccc(Cl)c(-n2c(N)nc3cc(Cl)ccc32)c1. The van der Waals surface area contributed by atoms with Crippen molar-refractivity contribution in [3.63, 3.8) is 0 Å². The second kappa shape index (κ2) is 4.89. The van der Waals surface area contributed by atoms with Crippen molar-refractivity contribution < 1.29 is 4.74 Å². The molecule has 0 aliphatic carbocycles. The van der Waals surface area contributed by atoms with Gasteiger partial charge in [-0.3, -0.25) is 4.57 Å². The maximum absolute atomic E-state index is 6.26. The molecule has 102 valence electrons. The zero-order valence-corrected chi connectivity index (χ0v) is 12.1. The van der Waals surface area contributed by atoms with Crippen molar-refractivity contribution in [3.05, 3.63) is 46.4 Å². The number of nitrogens with two attached hydrogens (primary N) is 1. The minimum atomic E-state index is 0.345. The van der Waals surface area contributed by atoms with Crippen molar-refractivity contribution in [2.45, 2.75) is 0 Å². The number of nitrogen functional groups attached to an aromatic ring is 1. The van der Waals surface area contributed by atoms with Gasteiger partial charge in [-0.1, -0.05) is 23.2 Å². The lowest BCUT2D eigenvalue weighted by molar-refractivity contribution is 0.414. The molecule has 3 aromatic rings. The van der Waals surface area contributed by atoms with Gasteiger partial charge in [0, 0.05) is 11.1 Å². The van der Waals surface area contributed by atoms with Gasteiger partial charge >= 0.3 is 0 Å². The van der Waals surface area contributed by atoms with Crippen LogP contribution >= 0.6 is 23.2 Å². The molecule has 0 unspecified atom stereocenters. The second-order valence-corrected chi connectivity index (χ2v) is 5.10. The lowest BCUT2D eigenvalue weighted by atomic mass is 10.2. The zero-order chi connectivity index (χ0) is 14.3. The molecule has 6 heteroatoms. The molecule has 3 rings (SSSR count). The van der Waals surface area contributed by atoms with Crippen LogP contribution in [0.4, 0.5) is 5.95 Å². The van der Waals surface area contributed by atoms with Crippen LogP contribution in [0.25, 0.3) is 16.7 Å². The number of hydrogen-bond acceptors (Lipinski definition) is 3.